The van der Waals surface area contributed by atoms with Crippen molar-refractivity contribution in [3.63, 3.8) is 0 Å². The minimum atomic E-state index is -3.70. The van der Waals surface area contributed by atoms with Gasteiger partial charge >= 0.3 is 0 Å². The molecular formula is C27H37N5O6S. The molecule has 39 heavy (non-hydrogen) atoms. The fourth-order valence-corrected chi connectivity index (χ4v) is 6.21. The molecular weight excluding hydrogens is 522 g/mol. The Morgan fingerprint density at radius 1 is 1.15 bits per heavy atom. The highest BCUT2D eigenvalue weighted by atomic mass is 32.2. The Bertz CT molecular complexity index is 1310. The van der Waals surface area contributed by atoms with Gasteiger partial charge in [0.05, 0.1) is 49.1 Å². The van der Waals surface area contributed by atoms with Crippen molar-refractivity contribution in [1.29, 1.82) is 0 Å². The first-order valence-electron chi connectivity index (χ1n) is 13.4. The second kappa shape index (κ2) is 11.2. The van der Waals surface area contributed by atoms with Gasteiger partial charge in [-0.25, -0.2) is 13.4 Å². The van der Waals surface area contributed by atoms with Gasteiger partial charge in [-0.2, -0.15) is 0 Å². The van der Waals surface area contributed by atoms with Gasteiger partial charge in [0.15, 0.2) is 11.6 Å². The highest BCUT2D eigenvalue weighted by Crippen LogP contribution is 2.54. The summed E-state index contributed by atoms with van der Waals surface area (Å²) in [5.74, 6) is 0.920. The van der Waals surface area contributed by atoms with Crippen molar-refractivity contribution in [2.45, 2.75) is 38.7 Å². The van der Waals surface area contributed by atoms with Crippen LogP contribution in [0, 0.1) is 5.41 Å². The number of aliphatic hydroxyl groups excluding tert-OH is 1. The number of nitrogens with one attached hydrogen (secondary N) is 2. The molecule has 3 heterocycles. The maximum absolute atomic E-state index is 13.6. The third kappa shape index (κ3) is 6.39. The van der Waals surface area contributed by atoms with Gasteiger partial charge in [-0.05, 0) is 68.4 Å². The molecule has 3 aliphatic rings. The number of benzene rings is 1. The molecule has 1 saturated carbocycles. The molecule has 1 aliphatic carbocycles. The maximum Gasteiger partial charge on any atom is 0.258 e. The van der Waals surface area contributed by atoms with E-state index in [0.717, 1.165) is 25.9 Å². The minimum absolute atomic E-state index is 0.0544. The normalized spacial score (nSPS) is 20.5. The number of morpholine rings is 1. The van der Waals surface area contributed by atoms with E-state index in [1.165, 1.54) is 12.8 Å². The van der Waals surface area contributed by atoms with Crippen LogP contribution in [0.5, 0.6) is 5.75 Å². The zero-order valence-electron chi connectivity index (χ0n) is 22.5. The third-order valence-electron chi connectivity index (χ3n) is 7.84. The molecule has 1 amide bonds. The first-order chi connectivity index (χ1) is 18.7. The van der Waals surface area contributed by atoms with Gasteiger partial charge in [-0.3, -0.25) is 9.52 Å². The SMILES string of the molecule is COc1ccc(NC(=O)c2ccc(NS(=O)(=O)CCO)cc2N2CCC3(CC2)CC3)nc1N1CCO[C@@H](C)C1. The molecule has 11 nitrogen and oxygen atoms in total. The number of aromatic nitrogens is 1. The molecule has 1 spiro atoms. The van der Waals surface area contributed by atoms with E-state index >= 15 is 0 Å². The van der Waals surface area contributed by atoms with Crippen molar-refractivity contribution in [3.05, 3.63) is 35.9 Å². The molecule has 5 rings (SSSR count). The standard InChI is InChI=1S/C27H37N5O6S/c1-19-18-32(13-15-38-19)25-23(37-2)5-6-24(28-25)29-26(34)21-4-3-20(30-39(35,36)16-14-33)17-22(21)31-11-9-27(7-8-27)10-12-31/h3-6,17,19,30,33H,7-16,18H2,1-2H3,(H,28,29,34)/t19-/m0/s1. The molecule has 0 bridgehead atoms. The summed E-state index contributed by atoms with van der Waals surface area (Å²) in [6.45, 7) is 5.04. The summed E-state index contributed by atoms with van der Waals surface area (Å²) in [7, 11) is -2.11. The monoisotopic (exact) mass is 559 g/mol. The Kier molecular flexibility index (Phi) is 7.88. The van der Waals surface area contributed by atoms with E-state index in [4.69, 9.17) is 19.6 Å². The lowest BCUT2D eigenvalue weighted by atomic mass is 9.93. The maximum atomic E-state index is 13.6. The molecule has 3 N–H and O–H groups in total. The number of piperidine rings is 1. The summed E-state index contributed by atoms with van der Waals surface area (Å²) >= 11 is 0. The van der Waals surface area contributed by atoms with Crippen LogP contribution in [0.2, 0.25) is 0 Å². The smallest absolute Gasteiger partial charge is 0.258 e. The molecule has 1 aromatic heterocycles. The summed E-state index contributed by atoms with van der Waals surface area (Å²) in [6, 6.07) is 8.41. The molecule has 0 unspecified atom stereocenters. The Hall–Kier alpha value is -3.09. The predicted molar refractivity (Wildman–Crippen MR) is 150 cm³/mol. The molecule has 2 saturated heterocycles. The van der Waals surface area contributed by atoms with Crippen LogP contribution in [0.3, 0.4) is 0 Å². The molecule has 212 valence electrons. The van der Waals surface area contributed by atoms with Crippen molar-refractivity contribution >= 4 is 38.9 Å². The molecule has 0 radical (unpaired) electrons. The van der Waals surface area contributed by atoms with Crippen molar-refractivity contribution in [2.75, 3.05) is 72.1 Å². The lowest BCUT2D eigenvalue weighted by Crippen LogP contribution is -2.41. The number of carbonyl (C=O) groups is 1. The van der Waals surface area contributed by atoms with Crippen LogP contribution >= 0.6 is 0 Å². The zero-order chi connectivity index (χ0) is 27.6. The number of nitrogens with zero attached hydrogens (tertiary/aromatic N) is 3. The van der Waals surface area contributed by atoms with Crippen molar-refractivity contribution in [1.82, 2.24) is 4.98 Å². The number of anilines is 4. The van der Waals surface area contributed by atoms with Crippen molar-refractivity contribution < 1.29 is 27.8 Å². The largest absolute Gasteiger partial charge is 0.493 e. The predicted octanol–water partition coefficient (Wildman–Crippen LogP) is 2.68. The third-order valence-corrected chi connectivity index (χ3v) is 9.11. The van der Waals surface area contributed by atoms with E-state index < -0.39 is 22.4 Å². The topological polar surface area (TPSA) is 133 Å². The number of methoxy groups -OCH3 is 1. The Morgan fingerprint density at radius 3 is 2.59 bits per heavy atom. The lowest BCUT2D eigenvalue weighted by molar-refractivity contribution is 0.0528. The average Bonchev–Trinajstić information content (AvgIpc) is 3.67. The number of sulfonamides is 1. The summed E-state index contributed by atoms with van der Waals surface area (Å²) in [5, 5.41) is 12.0. The van der Waals surface area contributed by atoms with Crippen LogP contribution in [0.25, 0.3) is 0 Å². The number of hydrogen-bond acceptors (Lipinski definition) is 9. The Balaban J connectivity index is 1.41. The quantitative estimate of drug-likeness (QED) is 0.424. The van der Waals surface area contributed by atoms with Gasteiger partial charge in [0.2, 0.25) is 10.0 Å². The van der Waals surface area contributed by atoms with E-state index in [2.05, 4.69) is 19.8 Å². The number of carbonyl (C=O) groups excluding carboxylic acids is 1. The highest BCUT2D eigenvalue weighted by Gasteiger charge is 2.44. The lowest BCUT2D eigenvalue weighted by Gasteiger charge is -2.35. The van der Waals surface area contributed by atoms with Crippen molar-refractivity contribution in [2.24, 2.45) is 5.41 Å². The van der Waals surface area contributed by atoms with Gasteiger partial charge in [0.25, 0.3) is 5.91 Å². The number of aliphatic hydroxyl groups is 1. The number of hydrogen-bond donors (Lipinski definition) is 3. The first kappa shape index (κ1) is 27.5. The summed E-state index contributed by atoms with van der Waals surface area (Å²) in [4.78, 5) is 22.5. The summed E-state index contributed by atoms with van der Waals surface area (Å²) in [6.07, 6.45) is 4.66. The first-order valence-corrected chi connectivity index (χ1v) is 15.1. The van der Waals surface area contributed by atoms with Crippen LogP contribution in [-0.4, -0.2) is 82.8 Å². The van der Waals surface area contributed by atoms with E-state index in [1.807, 2.05) is 6.92 Å². The summed E-state index contributed by atoms with van der Waals surface area (Å²) in [5.41, 5.74) is 1.90. The molecule has 3 fully saturated rings. The van der Waals surface area contributed by atoms with Gasteiger partial charge in [0.1, 0.15) is 5.82 Å². The molecule has 12 heteroatoms. The molecule has 1 aromatic carbocycles. The molecule has 1 atom stereocenters. The average molecular weight is 560 g/mol. The number of amides is 1. The number of pyridine rings is 1. The van der Waals surface area contributed by atoms with Crippen LogP contribution < -0.4 is 24.6 Å². The molecule has 2 aromatic rings. The fraction of sp³-hybridized carbons (Fsp3) is 0.556. The van der Waals surface area contributed by atoms with Crippen LogP contribution in [0.15, 0.2) is 30.3 Å². The van der Waals surface area contributed by atoms with Gasteiger partial charge in [-0.15, -0.1) is 0 Å². The van der Waals surface area contributed by atoms with Gasteiger partial charge in [0, 0.05) is 26.2 Å². The van der Waals surface area contributed by atoms with Gasteiger partial charge < -0.3 is 29.7 Å². The minimum Gasteiger partial charge on any atom is -0.493 e. The van der Waals surface area contributed by atoms with E-state index in [0.29, 0.717) is 59.4 Å². The zero-order valence-corrected chi connectivity index (χ0v) is 23.3. The Morgan fingerprint density at radius 2 is 1.92 bits per heavy atom. The summed E-state index contributed by atoms with van der Waals surface area (Å²) < 4.78 is 38.3. The van der Waals surface area contributed by atoms with Gasteiger partial charge in [-0.1, -0.05) is 0 Å². The number of rotatable bonds is 9. The second-order valence-electron chi connectivity index (χ2n) is 10.7. The van der Waals surface area contributed by atoms with Crippen LogP contribution in [0.1, 0.15) is 43.0 Å². The Labute approximate surface area is 229 Å². The van der Waals surface area contributed by atoms with E-state index in [-0.39, 0.29) is 12.0 Å². The number of ether oxygens (including phenoxy) is 2. The van der Waals surface area contributed by atoms with E-state index in [9.17, 15) is 13.2 Å². The van der Waals surface area contributed by atoms with Crippen molar-refractivity contribution in [3.8, 4) is 5.75 Å². The second-order valence-corrected chi connectivity index (χ2v) is 12.5. The van der Waals surface area contributed by atoms with Crippen LogP contribution in [0.4, 0.5) is 23.0 Å². The fourth-order valence-electron chi connectivity index (χ4n) is 5.38. The van der Waals surface area contributed by atoms with Crippen LogP contribution in [-0.2, 0) is 14.8 Å². The molecule has 2 aliphatic heterocycles. The van der Waals surface area contributed by atoms with E-state index in [1.54, 1.807) is 37.4 Å². The highest BCUT2D eigenvalue weighted by molar-refractivity contribution is 7.92.